The number of hydrogen-bond donors (Lipinski definition) is 1. The van der Waals surface area contributed by atoms with E-state index in [4.69, 9.17) is 0 Å². The molecule has 0 saturated carbocycles. The van der Waals surface area contributed by atoms with E-state index in [9.17, 15) is 8.78 Å². The van der Waals surface area contributed by atoms with E-state index in [-0.39, 0.29) is 5.75 Å². The topological polar surface area (TPSA) is 39.1 Å². The predicted octanol–water partition coefficient (Wildman–Crippen LogP) is 3.20. The first-order chi connectivity index (χ1) is 9.60. The van der Waals surface area contributed by atoms with Crippen molar-refractivity contribution < 1.29 is 13.5 Å². The molecule has 0 spiro atoms. The Morgan fingerprint density at radius 3 is 2.75 bits per heavy atom. The van der Waals surface area contributed by atoms with Crippen LogP contribution < -0.4 is 10.1 Å². The van der Waals surface area contributed by atoms with Gasteiger partial charge >= 0.3 is 6.61 Å². The Morgan fingerprint density at radius 2 is 2.10 bits per heavy atom. The second-order valence-electron chi connectivity index (χ2n) is 4.33. The van der Waals surface area contributed by atoms with Gasteiger partial charge in [-0.25, -0.2) is 0 Å². The molecule has 0 fully saturated rings. The van der Waals surface area contributed by atoms with Crippen LogP contribution in [0.15, 0.2) is 30.3 Å². The van der Waals surface area contributed by atoms with Crippen molar-refractivity contribution in [1.29, 1.82) is 0 Å². The molecule has 0 aliphatic rings. The third kappa shape index (κ3) is 3.46. The Bertz CT molecular complexity index is 569. The van der Waals surface area contributed by atoms with E-state index in [1.54, 1.807) is 22.9 Å². The van der Waals surface area contributed by atoms with Crippen LogP contribution in [0.5, 0.6) is 5.75 Å². The van der Waals surface area contributed by atoms with Crippen LogP contribution in [0.1, 0.15) is 18.3 Å². The standard InChI is InChI=1S/C14H17F2N3O/c1-3-10-8-11(19(2)18-10)9-17-12-6-4-5-7-13(12)20-14(15)16/h4-8,14,17H,3,9H2,1-2H3. The number of para-hydroxylation sites is 2. The minimum absolute atomic E-state index is 0.139. The van der Waals surface area contributed by atoms with Crippen LogP contribution in [0.3, 0.4) is 0 Å². The molecular weight excluding hydrogens is 264 g/mol. The molecule has 2 rings (SSSR count). The molecule has 0 aliphatic carbocycles. The van der Waals surface area contributed by atoms with Crippen molar-refractivity contribution in [2.75, 3.05) is 5.32 Å². The van der Waals surface area contributed by atoms with Crippen LogP contribution in [-0.4, -0.2) is 16.4 Å². The van der Waals surface area contributed by atoms with Gasteiger partial charge in [0.2, 0.25) is 0 Å². The van der Waals surface area contributed by atoms with Crippen LogP contribution in [0, 0.1) is 0 Å². The summed E-state index contributed by atoms with van der Waals surface area (Å²) in [6, 6.07) is 8.62. The summed E-state index contributed by atoms with van der Waals surface area (Å²) >= 11 is 0. The van der Waals surface area contributed by atoms with Gasteiger partial charge in [0.25, 0.3) is 0 Å². The van der Waals surface area contributed by atoms with Gasteiger partial charge < -0.3 is 10.1 Å². The fraction of sp³-hybridized carbons (Fsp3) is 0.357. The van der Waals surface area contributed by atoms with Crippen molar-refractivity contribution in [3.63, 3.8) is 0 Å². The highest BCUT2D eigenvalue weighted by atomic mass is 19.3. The molecule has 1 N–H and O–H groups in total. The maximum Gasteiger partial charge on any atom is 0.387 e. The number of rotatable bonds is 6. The van der Waals surface area contributed by atoms with Gasteiger partial charge in [-0.1, -0.05) is 19.1 Å². The minimum atomic E-state index is -2.83. The number of aryl methyl sites for hydroxylation is 2. The molecule has 20 heavy (non-hydrogen) atoms. The second-order valence-corrected chi connectivity index (χ2v) is 4.33. The zero-order chi connectivity index (χ0) is 14.5. The van der Waals surface area contributed by atoms with E-state index in [0.29, 0.717) is 12.2 Å². The third-order valence-electron chi connectivity index (χ3n) is 2.95. The zero-order valence-corrected chi connectivity index (χ0v) is 11.4. The highest BCUT2D eigenvalue weighted by Gasteiger charge is 2.10. The first-order valence-corrected chi connectivity index (χ1v) is 6.39. The third-order valence-corrected chi connectivity index (χ3v) is 2.95. The molecule has 0 saturated heterocycles. The van der Waals surface area contributed by atoms with E-state index in [0.717, 1.165) is 17.8 Å². The summed E-state index contributed by atoms with van der Waals surface area (Å²) in [5.74, 6) is 0.139. The van der Waals surface area contributed by atoms with Gasteiger partial charge in [0.15, 0.2) is 0 Å². The number of anilines is 1. The minimum Gasteiger partial charge on any atom is -0.433 e. The van der Waals surface area contributed by atoms with Crippen molar-refractivity contribution in [2.45, 2.75) is 26.5 Å². The molecular formula is C14H17F2N3O. The lowest BCUT2D eigenvalue weighted by Crippen LogP contribution is -2.08. The zero-order valence-electron chi connectivity index (χ0n) is 11.4. The average Bonchev–Trinajstić information content (AvgIpc) is 2.78. The molecule has 1 aromatic carbocycles. The maximum atomic E-state index is 12.3. The number of halogens is 2. The molecule has 0 aliphatic heterocycles. The van der Waals surface area contributed by atoms with Crippen LogP contribution in [0.25, 0.3) is 0 Å². The number of nitrogens with one attached hydrogen (secondary N) is 1. The lowest BCUT2D eigenvalue weighted by molar-refractivity contribution is -0.0493. The molecule has 6 heteroatoms. The van der Waals surface area contributed by atoms with E-state index < -0.39 is 6.61 Å². The maximum absolute atomic E-state index is 12.3. The van der Waals surface area contributed by atoms with Crippen LogP contribution in [0.4, 0.5) is 14.5 Å². The molecule has 0 unspecified atom stereocenters. The fourth-order valence-corrected chi connectivity index (χ4v) is 1.91. The lowest BCUT2D eigenvalue weighted by Gasteiger charge is -2.12. The van der Waals surface area contributed by atoms with Crippen LogP contribution >= 0.6 is 0 Å². The number of ether oxygens (including phenoxy) is 1. The number of nitrogens with zero attached hydrogens (tertiary/aromatic N) is 2. The quantitative estimate of drug-likeness (QED) is 0.883. The lowest BCUT2D eigenvalue weighted by atomic mass is 10.2. The van der Waals surface area contributed by atoms with Crippen molar-refractivity contribution in [1.82, 2.24) is 9.78 Å². The van der Waals surface area contributed by atoms with Gasteiger partial charge in [-0.05, 0) is 24.6 Å². The Kier molecular flexibility index (Phi) is 4.55. The van der Waals surface area contributed by atoms with Crippen LogP contribution in [-0.2, 0) is 20.0 Å². The first kappa shape index (κ1) is 14.3. The largest absolute Gasteiger partial charge is 0.433 e. The SMILES string of the molecule is CCc1cc(CNc2ccccc2OC(F)F)n(C)n1. The second kappa shape index (κ2) is 6.36. The molecule has 0 amide bonds. The Morgan fingerprint density at radius 1 is 1.35 bits per heavy atom. The predicted molar refractivity (Wildman–Crippen MR) is 73.0 cm³/mol. The molecule has 1 heterocycles. The average molecular weight is 281 g/mol. The Labute approximate surface area is 116 Å². The fourth-order valence-electron chi connectivity index (χ4n) is 1.91. The van der Waals surface area contributed by atoms with Gasteiger partial charge in [0.1, 0.15) is 5.75 Å². The van der Waals surface area contributed by atoms with Gasteiger partial charge in [-0.2, -0.15) is 13.9 Å². The van der Waals surface area contributed by atoms with E-state index in [1.165, 1.54) is 6.07 Å². The number of benzene rings is 1. The van der Waals surface area contributed by atoms with Crippen molar-refractivity contribution in [3.05, 3.63) is 41.7 Å². The van der Waals surface area contributed by atoms with E-state index in [2.05, 4.69) is 15.2 Å². The van der Waals surface area contributed by atoms with Crippen LogP contribution in [0.2, 0.25) is 0 Å². The Hall–Kier alpha value is -2.11. The molecule has 0 bridgehead atoms. The molecule has 4 nitrogen and oxygen atoms in total. The number of hydrogen-bond acceptors (Lipinski definition) is 3. The smallest absolute Gasteiger partial charge is 0.387 e. The first-order valence-electron chi connectivity index (χ1n) is 6.39. The van der Waals surface area contributed by atoms with Crippen molar-refractivity contribution in [2.24, 2.45) is 7.05 Å². The van der Waals surface area contributed by atoms with Crippen molar-refractivity contribution in [3.8, 4) is 5.75 Å². The summed E-state index contributed by atoms with van der Waals surface area (Å²) in [5.41, 5.74) is 2.52. The number of alkyl halides is 2. The van der Waals surface area contributed by atoms with Gasteiger partial charge in [-0.15, -0.1) is 0 Å². The number of aromatic nitrogens is 2. The van der Waals surface area contributed by atoms with E-state index in [1.807, 2.05) is 20.0 Å². The normalized spacial score (nSPS) is 10.8. The molecule has 0 radical (unpaired) electrons. The molecule has 1 aromatic heterocycles. The summed E-state index contributed by atoms with van der Waals surface area (Å²) in [6.45, 7) is -0.306. The van der Waals surface area contributed by atoms with Gasteiger partial charge in [0.05, 0.1) is 23.6 Å². The van der Waals surface area contributed by atoms with Gasteiger partial charge in [0, 0.05) is 7.05 Å². The molecule has 108 valence electrons. The molecule has 2 aromatic rings. The summed E-state index contributed by atoms with van der Waals surface area (Å²) in [6.07, 6.45) is 0.860. The molecule has 0 atom stereocenters. The van der Waals surface area contributed by atoms with Crippen molar-refractivity contribution >= 4 is 5.69 Å². The summed E-state index contributed by atoms with van der Waals surface area (Å²) in [5, 5.41) is 7.43. The van der Waals surface area contributed by atoms with Gasteiger partial charge in [-0.3, -0.25) is 4.68 Å². The Balaban J connectivity index is 2.08. The summed E-state index contributed by atoms with van der Waals surface area (Å²) in [4.78, 5) is 0. The summed E-state index contributed by atoms with van der Waals surface area (Å²) in [7, 11) is 1.86. The highest BCUT2D eigenvalue weighted by Crippen LogP contribution is 2.25. The van der Waals surface area contributed by atoms with E-state index >= 15 is 0 Å². The monoisotopic (exact) mass is 281 g/mol. The summed E-state index contributed by atoms with van der Waals surface area (Å²) < 4.78 is 30.9. The highest BCUT2D eigenvalue weighted by molar-refractivity contribution is 5.56.